The van der Waals surface area contributed by atoms with Gasteiger partial charge in [-0.25, -0.2) is 0 Å². The summed E-state index contributed by atoms with van der Waals surface area (Å²) in [5, 5.41) is 9.58. The molecule has 0 aliphatic heterocycles. The van der Waals surface area contributed by atoms with E-state index in [9.17, 15) is 5.11 Å². The van der Waals surface area contributed by atoms with Crippen LogP contribution in [0.1, 0.15) is 24.2 Å². The molecule has 19 heavy (non-hydrogen) atoms. The van der Waals surface area contributed by atoms with Crippen molar-refractivity contribution in [2.45, 2.75) is 19.6 Å². The van der Waals surface area contributed by atoms with Gasteiger partial charge in [0.1, 0.15) is 0 Å². The number of aliphatic hydroxyl groups excluding tert-OH is 1. The Labute approximate surface area is 122 Å². The third-order valence-corrected chi connectivity index (χ3v) is 3.76. The predicted octanol–water partition coefficient (Wildman–Crippen LogP) is 4.14. The predicted molar refractivity (Wildman–Crippen MR) is 83.3 cm³/mol. The molecular formula is C16H18BrNO. The Bertz CT molecular complexity index is 540. The van der Waals surface area contributed by atoms with E-state index in [1.165, 1.54) is 5.56 Å². The highest BCUT2D eigenvalue weighted by molar-refractivity contribution is 9.10. The van der Waals surface area contributed by atoms with E-state index in [-0.39, 0.29) is 0 Å². The molecule has 0 saturated carbocycles. The van der Waals surface area contributed by atoms with Crippen LogP contribution in [0.25, 0.3) is 0 Å². The minimum Gasteiger partial charge on any atom is -0.389 e. The molecule has 0 aromatic heterocycles. The van der Waals surface area contributed by atoms with Crippen LogP contribution in [-0.2, 0) is 6.54 Å². The minimum atomic E-state index is -0.440. The van der Waals surface area contributed by atoms with E-state index in [0.29, 0.717) is 0 Å². The normalized spacial score (nSPS) is 12.2. The molecule has 0 fully saturated rings. The van der Waals surface area contributed by atoms with Gasteiger partial charge in [-0.1, -0.05) is 36.4 Å². The van der Waals surface area contributed by atoms with Gasteiger partial charge in [-0.2, -0.15) is 0 Å². The molecule has 2 nitrogen and oxygen atoms in total. The number of rotatable bonds is 4. The van der Waals surface area contributed by atoms with Crippen LogP contribution in [0.2, 0.25) is 0 Å². The molecule has 2 rings (SSSR count). The van der Waals surface area contributed by atoms with E-state index < -0.39 is 6.10 Å². The summed E-state index contributed by atoms with van der Waals surface area (Å²) in [6.45, 7) is 2.63. The Kier molecular flexibility index (Phi) is 4.61. The largest absolute Gasteiger partial charge is 0.389 e. The third kappa shape index (κ3) is 3.58. The van der Waals surface area contributed by atoms with Crippen LogP contribution in [0.3, 0.4) is 0 Å². The lowest BCUT2D eigenvalue weighted by Crippen LogP contribution is -2.16. The average molecular weight is 320 g/mol. The van der Waals surface area contributed by atoms with E-state index in [1.54, 1.807) is 6.92 Å². The maximum atomic E-state index is 9.58. The van der Waals surface area contributed by atoms with Crippen LogP contribution < -0.4 is 4.90 Å². The molecule has 100 valence electrons. The van der Waals surface area contributed by atoms with E-state index in [0.717, 1.165) is 22.3 Å². The molecule has 0 heterocycles. The number of hydrogen-bond donors (Lipinski definition) is 1. The van der Waals surface area contributed by atoms with Gasteiger partial charge in [0.05, 0.1) is 11.8 Å². The molecule has 0 spiro atoms. The fourth-order valence-corrected chi connectivity index (χ4v) is 2.73. The van der Waals surface area contributed by atoms with Gasteiger partial charge in [0.25, 0.3) is 0 Å². The first-order valence-electron chi connectivity index (χ1n) is 6.30. The van der Waals surface area contributed by atoms with Crippen molar-refractivity contribution in [1.29, 1.82) is 0 Å². The lowest BCUT2D eigenvalue weighted by Gasteiger charge is -2.21. The van der Waals surface area contributed by atoms with E-state index in [2.05, 4.69) is 52.1 Å². The summed E-state index contributed by atoms with van der Waals surface area (Å²) in [4.78, 5) is 2.19. The summed E-state index contributed by atoms with van der Waals surface area (Å²) in [6, 6.07) is 16.3. The minimum absolute atomic E-state index is 0.440. The van der Waals surface area contributed by atoms with Gasteiger partial charge < -0.3 is 10.0 Å². The Morgan fingerprint density at radius 2 is 1.84 bits per heavy atom. The van der Waals surface area contributed by atoms with Crippen LogP contribution in [0, 0.1) is 0 Å². The van der Waals surface area contributed by atoms with Crippen molar-refractivity contribution in [2.75, 3.05) is 11.9 Å². The van der Waals surface area contributed by atoms with Gasteiger partial charge in [0.15, 0.2) is 0 Å². The molecular weight excluding hydrogens is 302 g/mol. The van der Waals surface area contributed by atoms with Crippen LogP contribution in [-0.4, -0.2) is 12.2 Å². The first kappa shape index (κ1) is 14.1. The van der Waals surface area contributed by atoms with Crippen LogP contribution in [0.5, 0.6) is 0 Å². The monoisotopic (exact) mass is 319 g/mol. The molecule has 0 radical (unpaired) electrons. The Morgan fingerprint density at radius 3 is 2.42 bits per heavy atom. The number of benzene rings is 2. The van der Waals surface area contributed by atoms with Crippen molar-refractivity contribution < 1.29 is 5.11 Å². The molecule has 0 amide bonds. The maximum Gasteiger partial charge on any atom is 0.0762 e. The van der Waals surface area contributed by atoms with Crippen LogP contribution >= 0.6 is 15.9 Å². The zero-order chi connectivity index (χ0) is 13.8. The summed E-state index contributed by atoms with van der Waals surface area (Å²) in [6.07, 6.45) is -0.440. The summed E-state index contributed by atoms with van der Waals surface area (Å²) >= 11 is 3.58. The van der Waals surface area contributed by atoms with Gasteiger partial charge >= 0.3 is 0 Å². The van der Waals surface area contributed by atoms with Crippen molar-refractivity contribution in [3.63, 3.8) is 0 Å². The van der Waals surface area contributed by atoms with Crippen molar-refractivity contribution in [3.8, 4) is 0 Å². The molecule has 1 N–H and O–H groups in total. The summed E-state index contributed by atoms with van der Waals surface area (Å²) in [5.41, 5.74) is 3.31. The van der Waals surface area contributed by atoms with Crippen LogP contribution in [0.4, 0.5) is 5.69 Å². The molecule has 0 aliphatic rings. The number of hydrogen-bond acceptors (Lipinski definition) is 2. The second-order valence-electron chi connectivity index (χ2n) is 4.73. The maximum absolute atomic E-state index is 9.58. The molecule has 0 bridgehead atoms. The topological polar surface area (TPSA) is 23.5 Å². The van der Waals surface area contributed by atoms with Gasteiger partial charge in [0.2, 0.25) is 0 Å². The lowest BCUT2D eigenvalue weighted by atomic mass is 10.1. The second-order valence-corrected chi connectivity index (χ2v) is 5.58. The van der Waals surface area contributed by atoms with Crippen LogP contribution in [0.15, 0.2) is 53.0 Å². The Morgan fingerprint density at radius 1 is 1.16 bits per heavy atom. The summed E-state index contributed by atoms with van der Waals surface area (Å²) < 4.78 is 1.00. The standard InChI is InChI=1S/C16H18BrNO/c1-12(19)14-8-9-16(15(17)10-14)18(2)11-13-6-4-3-5-7-13/h3-10,12,19H,11H2,1-2H3/t12-/m1/s1. The summed E-state index contributed by atoms with van der Waals surface area (Å²) in [7, 11) is 2.06. The number of halogens is 1. The van der Waals surface area contributed by atoms with Crippen molar-refractivity contribution in [3.05, 3.63) is 64.1 Å². The third-order valence-electron chi connectivity index (χ3n) is 3.13. The smallest absolute Gasteiger partial charge is 0.0762 e. The highest BCUT2D eigenvalue weighted by atomic mass is 79.9. The fraction of sp³-hybridized carbons (Fsp3) is 0.250. The molecule has 2 aromatic carbocycles. The molecule has 1 atom stereocenters. The zero-order valence-electron chi connectivity index (χ0n) is 11.2. The number of aliphatic hydroxyl groups is 1. The van der Waals surface area contributed by atoms with Gasteiger partial charge in [-0.15, -0.1) is 0 Å². The summed E-state index contributed by atoms with van der Waals surface area (Å²) in [5.74, 6) is 0. The van der Waals surface area contributed by atoms with E-state index >= 15 is 0 Å². The van der Waals surface area contributed by atoms with Gasteiger partial charge in [-0.3, -0.25) is 0 Å². The highest BCUT2D eigenvalue weighted by Gasteiger charge is 2.09. The molecule has 0 unspecified atom stereocenters. The van der Waals surface area contributed by atoms with Crippen molar-refractivity contribution >= 4 is 21.6 Å². The van der Waals surface area contributed by atoms with Gasteiger partial charge in [0, 0.05) is 18.1 Å². The lowest BCUT2D eigenvalue weighted by molar-refractivity contribution is 0.199. The molecule has 3 heteroatoms. The van der Waals surface area contributed by atoms with E-state index in [1.807, 2.05) is 24.3 Å². The average Bonchev–Trinajstić information content (AvgIpc) is 2.39. The molecule has 0 aliphatic carbocycles. The molecule has 0 saturated heterocycles. The fourth-order valence-electron chi connectivity index (χ4n) is 2.04. The zero-order valence-corrected chi connectivity index (χ0v) is 12.8. The number of nitrogens with zero attached hydrogens (tertiary/aromatic N) is 1. The SMILES string of the molecule is C[C@@H](O)c1ccc(N(C)Cc2ccccc2)c(Br)c1. The first-order chi connectivity index (χ1) is 9.08. The number of anilines is 1. The molecule has 2 aromatic rings. The second kappa shape index (κ2) is 6.22. The highest BCUT2D eigenvalue weighted by Crippen LogP contribution is 2.29. The van der Waals surface area contributed by atoms with Gasteiger partial charge in [-0.05, 0) is 46.1 Å². The van der Waals surface area contributed by atoms with Crippen molar-refractivity contribution in [2.24, 2.45) is 0 Å². The Balaban J connectivity index is 2.17. The Hall–Kier alpha value is -1.32. The van der Waals surface area contributed by atoms with E-state index in [4.69, 9.17) is 0 Å². The quantitative estimate of drug-likeness (QED) is 0.915. The van der Waals surface area contributed by atoms with Crippen molar-refractivity contribution in [1.82, 2.24) is 0 Å². The first-order valence-corrected chi connectivity index (χ1v) is 7.10.